The van der Waals surface area contributed by atoms with E-state index in [2.05, 4.69) is 26.1 Å². The molecule has 0 spiro atoms. The highest BCUT2D eigenvalue weighted by atomic mass is 16.4. The Morgan fingerprint density at radius 1 is 1.15 bits per heavy atom. The van der Waals surface area contributed by atoms with Crippen molar-refractivity contribution in [1.82, 2.24) is 5.32 Å². The Morgan fingerprint density at radius 3 is 2.05 bits per heavy atom. The number of aliphatic carboxylic acids is 1. The summed E-state index contributed by atoms with van der Waals surface area (Å²) in [5.41, 5.74) is -0.984. The Hall–Kier alpha value is -1.06. The summed E-state index contributed by atoms with van der Waals surface area (Å²) in [6, 6.07) is 0. The van der Waals surface area contributed by atoms with E-state index in [1.807, 2.05) is 6.92 Å². The van der Waals surface area contributed by atoms with Crippen molar-refractivity contribution < 1.29 is 14.7 Å². The molecule has 1 amide bonds. The summed E-state index contributed by atoms with van der Waals surface area (Å²) in [6.07, 6.45) is 5.36. The minimum Gasteiger partial charge on any atom is -0.480 e. The third-order valence-electron chi connectivity index (χ3n) is 4.72. The van der Waals surface area contributed by atoms with Gasteiger partial charge in [0.1, 0.15) is 5.54 Å². The number of carbonyl (C=O) groups excluding carboxylic acids is 1. The number of hydrogen-bond acceptors (Lipinski definition) is 2. The van der Waals surface area contributed by atoms with Crippen LogP contribution in [0.4, 0.5) is 0 Å². The Balaban J connectivity index is 2.71. The molecule has 1 saturated carbocycles. The monoisotopic (exact) mass is 283 g/mol. The molecule has 0 aromatic heterocycles. The number of carbonyl (C=O) groups is 2. The lowest BCUT2D eigenvalue weighted by Crippen LogP contribution is -2.54. The van der Waals surface area contributed by atoms with Crippen LogP contribution in [0.15, 0.2) is 0 Å². The molecule has 2 N–H and O–H groups in total. The molecule has 0 heterocycles. The van der Waals surface area contributed by atoms with E-state index in [-0.39, 0.29) is 17.2 Å². The van der Waals surface area contributed by atoms with Gasteiger partial charge in [-0.15, -0.1) is 0 Å². The van der Waals surface area contributed by atoms with Gasteiger partial charge in [-0.25, -0.2) is 4.79 Å². The molecule has 1 unspecified atom stereocenters. The van der Waals surface area contributed by atoms with Crippen LogP contribution in [-0.4, -0.2) is 22.5 Å². The average Bonchev–Trinajstić information content (AvgIpc) is 2.54. The van der Waals surface area contributed by atoms with Gasteiger partial charge in [0.15, 0.2) is 0 Å². The Labute approximate surface area is 122 Å². The summed E-state index contributed by atoms with van der Waals surface area (Å²) >= 11 is 0. The van der Waals surface area contributed by atoms with Gasteiger partial charge in [0.2, 0.25) is 5.91 Å². The zero-order chi connectivity index (χ0) is 15.4. The van der Waals surface area contributed by atoms with Crippen LogP contribution in [-0.2, 0) is 9.59 Å². The van der Waals surface area contributed by atoms with Crippen LogP contribution >= 0.6 is 0 Å². The molecule has 4 heteroatoms. The Kier molecular flexibility index (Phi) is 5.60. The number of rotatable bonds is 4. The highest BCUT2D eigenvalue weighted by molar-refractivity contribution is 5.87. The van der Waals surface area contributed by atoms with Crippen LogP contribution in [0.25, 0.3) is 0 Å². The summed E-state index contributed by atoms with van der Waals surface area (Å²) in [4.78, 5) is 23.8. The molecule has 0 aromatic carbocycles. The molecule has 1 rings (SSSR count). The van der Waals surface area contributed by atoms with Crippen molar-refractivity contribution in [2.45, 2.75) is 78.2 Å². The fourth-order valence-electron chi connectivity index (χ4n) is 2.63. The van der Waals surface area contributed by atoms with Crippen LogP contribution in [0.3, 0.4) is 0 Å². The van der Waals surface area contributed by atoms with Crippen molar-refractivity contribution in [3.63, 3.8) is 0 Å². The molecular formula is C16H29NO3. The predicted molar refractivity (Wildman–Crippen MR) is 79.4 cm³/mol. The van der Waals surface area contributed by atoms with E-state index in [4.69, 9.17) is 0 Å². The van der Waals surface area contributed by atoms with Gasteiger partial charge >= 0.3 is 5.97 Å². The third-order valence-corrected chi connectivity index (χ3v) is 4.72. The molecule has 0 aromatic rings. The molecule has 20 heavy (non-hydrogen) atoms. The van der Waals surface area contributed by atoms with Gasteiger partial charge in [-0.1, -0.05) is 53.4 Å². The van der Waals surface area contributed by atoms with Crippen LogP contribution in [0.2, 0.25) is 0 Å². The fourth-order valence-corrected chi connectivity index (χ4v) is 2.63. The number of carboxylic acid groups (broad SMARTS) is 1. The lowest BCUT2D eigenvalue weighted by atomic mass is 9.79. The van der Waals surface area contributed by atoms with Gasteiger partial charge in [0.05, 0.1) is 0 Å². The summed E-state index contributed by atoms with van der Waals surface area (Å²) in [5.74, 6) is -0.785. The highest BCUT2D eigenvalue weighted by Crippen LogP contribution is 2.30. The number of hydrogen-bond donors (Lipinski definition) is 2. The van der Waals surface area contributed by atoms with E-state index >= 15 is 0 Å². The molecule has 0 saturated heterocycles. The van der Waals surface area contributed by atoms with E-state index in [0.717, 1.165) is 25.7 Å². The van der Waals surface area contributed by atoms with Crippen LogP contribution in [0, 0.1) is 11.3 Å². The molecule has 1 aliphatic rings. The second-order valence-corrected chi connectivity index (χ2v) is 7.32. The minimum absolute atomic E-state index is 0.0528. The first-order valence-corrected chi connectivity index (χ1v) is 7.72. The fraction of sp³-hybridized carbons (Fsp3) is 0.875. The molecule has 0 aliphatic heterocycles. The molecule has 0 bridgehead atoms. The van der Waals surface area contributed by atoms with E-state index in [0.29, 0.717) is 19.3 Å². The van der Waals surface area contributed by atoms with E-state index in [1.54, 1.807) is 0 Å². The Morgan fingerprint density at radius 2 is 1.65 bits per heavy atom. The zero-order valence-corrected chi connectivity index (χ0v) is 13.3. The average molecular weight is 283 g/mol. The molecule has 1 fully saturated rings. The molecular weight excluding hydrogens is 254 g/mol. The smallest absolute Gasteiger partial charge is 0.329 e. The molecule has 0 radical (unpaired) electrons. The minimum atomic E-state index is -1.04. The largest absolute Gasteiger partial charge is 0.480 e. The molecule has 1 aliphatic carbocycles. The summed E-state index contributed by atoms with van der Waals surface area (Å²) in [6.45, 7) is 8.34. The van der Waals surface area contributed by atoms with Gasteiger partial charge in [-0.3, -0.25) is 4.79 Å². The van der Waals surface area contributed by atoms with Crippen molar-refractivity contribution in [3.8, 4) is 0 Å². The predicted octanol–water partition coefficient (Wildman–Crippen LogP) is 3.35. The Bertz CT molecular complexity index is 349. The van der Waals surface area contributed by atoms with Crippen LogP contribution in [0.1, 0.15) is 72.6 Å². The van der Waals surface area contributed by atoms with Crippen LogP contribution in [0.5, 0.6) is 0 Å². The normalized spacial score (nSPS) is 20.8. The van der Waals surface area contributed by atoms with Gasteiger partial charge < -0.3 is 10.4 Å². The van der Waals surface area contributed by atoms with Gasteiger partial charge in [0, 0.05) is 6.42 Å². The zero-order valence-electron chi connectivity index (χ0n) is 13.3. The quantitative estimate of drug-likeness (QED) is 0.777. The van der Waals surface area contributed by atoms with E-state index < -0.39 is 11.5 Å². The first-order chi connectivity index (χ1) is 9.17. The lowest BCUT2D eigenvalue weighted by Gasteiger charge is -2.32. The third kappa shape index (κ3) is 4.50. The SMILES string of the molecule is CC(CC(=O)NC1(C(=O)O)CCCCCC1)C(C)(C)C. The first-order valence-electron chi connectivity index (χ1n) is 7.72. The lowest BCUT2D eigenvalue weighted by molar-refractivity contribution is -0.148. The molecule has 1 atom stereocenters. The van der Waals surface area contributed by atoms with Crippen molar-refractivity contribution in [3.05, 3.63) is 0 Å². The highest BCUT2D eigenvalue weighted by Gasteiger charge is 2.40. The van der Waals surface area contributed by atoms with E-state index in [1.165, 1.54) is 0 Å². The number of carboxylic acids is 1. The van der Waals surface area contributed by atoms with Crippen molar-refractivity contribution >= 4 is 11.9 Å². The summed E-state index contributed by atoms with van der Waals surface area (Å²) < 4.78 is 0. The second kappa shape index (κ2) is 6.59. The maximum Gasteiger partial charge on any atom is 0.329 e. The second-order valence-electron chi connectivity index (χ2n) is 7.32. The molecule has 116 valence electrons. The van der Waals surface area contributed by atoms with Gasteiger partial charge in [-0.2, -0.15) is 0 Å². The number of amides is 1. The number of nitrogens with one attached hydrogen (secondary N) is 1. The maximum absolute atomic E-state index is 12.2. The van der Waals surface area contributed by atoms with Gasteiger partial charge in [0.25, 0.3) is 0 Å². The van der Waals surface area contributed by atoms with E-state index in [9.17, 15) is 14.7 Å². The van der Waals surface area contributed by atoms with Crippen molar-refractivity contribution in [2.24, 2.45) is 11.3 Å². The summed E-state index contributed by atoms with van der Waals surface area (Å²) in [7, 11) is 0. The molecule has 4 nitrogen and oxygen atoms in total. The van der Waals surface area contributed by atoms with Crippen LogP contribution < -0.4 is 5.32 Å². The topological polar surface area (TPSA) is 66.4 Å². The first kappa shape index (κ1) is 17.0. The summed E-state index contributed by atoms with van der Waals surface area (Å²) in [5, 5.41) is 12.4. The van der Waals surface area contributed by atoms with Crippen molar-refractivity contribution in [1.29, 1.82) is 0 Å². The van der Waals surface area contributed by atoms with Gasteiger partial charge in [-0.05, 0) is 24.2 Å². The van der Waals surface area contributed by atoms with Crippen molar-refractivity contribution in [2.75, 3.05) is 0 Å². The standard InChI is InChI=1S/C16H29NO3/c1-12(15(2,3)4)11-13(18)17-16(14(19)20)9-7-5-6-8-10-16/h12H,5-11H2,1-4H3,(H,17,18)(H,19,20). The maximum atomic E-state index is 12.2.